The van der Waals surface area contributed by atoms with Crippen LogP contribution in [-0.2, 0) is 4.79 Å². The zero-order valence-electron chi connectivity index (χ0n) is 8.46. The summed E-state index contributed by atoms with van der Waals surface area (Å²) in [5.41, 5.74) is 0. The predicted molar refractivity (Wildman–Crippen MR) is 52.6 cm³/mol. The fourth-order valence-corrected chi connectivity index (χ4v) is 2.19. The van der Waals surface area contributed by atoms with Crippen LogP contribution < -0.4 is 0 Å². The third-order valence-electron chi connectivity index (χ3n) is 3.16. The largest absolute Gasteiger partial charge is 0.481 e. The fourth-order valence-electron chi connectivity index (χ4n) is 2.19. The summed E-state index contributed by atoms with van der Waals surface area (Å²) >= 11 is 0. The third-order valence-corrected chi connectivity index (χ3v) is 3.16. The van der Waals surface area contributed by atoms with E-state index in [0.717, 1.165) is 31.6 Å². The molecule has 0 heterocycles. The van der Waals surface area contributed by atoms with Crippen LogP contribution in [0.5, 0.6) is 0 Å². The molecule has 0 aromatic carbocycles. The minimum atomic E-state index is -0.589. The van der Waals surface area contributed by atoms with E-state index in [9.17, 15) is 4.79 Å². The summed E-state index contributed by atoms with van der Waals surface area (Å²) < 4.78 is 0. The molecule has 1 fully saturated rings. The number of carbonyl (C=O) groups is 1. The molecule has 0 saturated heterocycles. The zero-order valence-corrected chi connectivity index (χ0v) is 8.46. The summed E-state index contributed by atoms with van der Waals surface area (Å²) in [5, 5.41) is 8.80. The van der Waals surface area contributed by atoms with Gasteiger partial charge in [0.25, 0.3) is 0 Å². The van der Waals surface area contributed by atoms with Gasteiger partial charge in [-0.2, -0.15) is 0 Å². The van der Waals surface area contributed by atoms with Gasteiger partial charge in [0.05, 0.1) is 5.92 Å². The highest BCUT2D eigenvalue weighted by Gasteiger charge is 2.25. The summed E-state index contributed by atoms with van der Waals surface area (Å²) in [5.74, 6) is 0.183. The minimum absolute atomic E-state index is 0.0436. The summed E-state index contributed by atoms with van der Waals surface area (Å²) in [6.45, 7) is 2.21. The molecule has 1 rings (SSSR count). The molecule has 0 bridgehead atoms. The quantitative estimate of drug-likeness (QED) is 0.729. The van der Waals surface area contributed by atoms with Crippen LogP contribution in [0.1, 0.15) is 51.9 Å². The Kier molecular flexibility index (Phi) is 4.26. The molecule has 1 aliphatic rings. The number of aliphatic carboxylic acids is 1. The SMILES string of the molecule is CCCC[C@H]1CC[C@@H](C(=O)O)CC1. The summed E-state index contributed by atoms with van der Waals surface area (Å²) in [6, 6.07) is 0. The third kappa shape index (κ3) is 3.37. The van der Waals surface area contributed by atoms with E-state index in [2.05, 4.69) is 6.92 Å². The Morgan fingerprint density at radius 1 is 1.31 bits per heavy atom. The van der Waals surface area contributed by atoms with Gasteiger partial charge >= 0.3 is 5.97 Å². The van der Waals surface area contributed by atoms with Crippen LogP contribution >= 0.6 is 0 Å². The van der Waals surface area contributed by atoms with E-state index in [4.69, 9.17) is 5.11 Å². The maximum absolute atomic E-state index is 10.7. The van der Waals surface area contributed by atoms with Crippen molar-refractivity contribution in [3.8, 4) is 0 Å². The molecule has 0 atom stereocenters. The number of carboxylic acid groups (broad SMARTS) is 1. The van der Waals surface area contributed by atoms with Crippen LogP contribution in [0.4, 0.5) is 0 Å². The number of unbranched alkanes of at least 4 members (excludes halogenated alkanes) is 1. The highest BCUT2D eigenvalue weighted by Crippen LogP contribution is 2.31. The number of hydrogen-bond acceptors (Lipinski definition) is 1. The first kappa shape index (κ1) is 10.6. The van der Waals surface area contributed by atoms with Gasteiger partial charge in [0.2, 0.25) is 0 Å². The van der Waals surface area contributed by atoms with Crippen molar-refractivity contribution in [2.45, 2.75) is 51.9 Å². The van der Waals surface area contributed by atoms with Gasteiger partial charge in [0.15, 0.2) is 0 Å². The van der Waals surface area contributed by atoms with Gasteiger partial charge in [0, 0.05) is 0 Å². The Morgan fingerprint density at radius 2 is 1.92 bits per heavy atom. The molecule has 2 heteroatoms. The molecule has 2 nitrogen and oxygen atoms in total. The van der Waals surface area contributed by atoms with Crippen LogP contribution in [0.3, 0.4) is 0 Å². The molecule has 0 amide bonds. The van der Waals surface area contributed by atoms with E-state index in [0.29, 0.717) is 0 Å². The summed E-state index contributed by atoms with van der Waals surface area (Å²) in [4.78, 5) is 10.7. The minimum Gasteiger partial charge on any atom is -0.481 e. The maximum atomic E-state index is 10.7. The first-order valence-corrected chi connectivity index (χ1v) is 5.46. The van der Waals surface area contributed by atoms with E-state index in [1.807, 2.05) is 0 Å². The zero-order chi connectivity index (χ0) is 9.68. The molecule has 1 N–H and O–H groups in total. The number of carboxylic acids is 1. The average molecular weight is 184 g/mol. The second kappa shape index (κ2) is 5.25. The Bertz CT molecular complexity index is 157. The first-order chi connectivity index (χ1) is 6.24. The fraction of sp³-hybridized carbons (Fsp3) is 0.909. The monoisotopic (exact) mass is 184 g/mol. The van der Waals surface area contributed by atoms with Crippen molar-refractivity contribution in [2.75, 3.05) is 0 Å². The molecule has 76 valence electrons. The highest BCUT2D eigenvalue weighted by molar-refractivity contribution is 5.69. The maximum Gasteiger partial charge on any atom is 0.306 e. The van der Waals surface area contributed by atoms with Crippen molar-refractivity contribution in [3.63, 3.8) is 0 Å². The van der Waals surface area contributed by atoms with Crippen LogP contribution in [0.15, 0.2) is 0 Å². The van der Waals surface area contributed by atoms with Crippen LogP contribution in [-0.4, -0.2) is 11.1 Å². The van der Waals surface area contributed by atoms with E-state index < -0.39 is 5.97 Å². The Labute approximate surface area is 80.3 Å². The van der Waals surface area contributed by atoms with E-state index in [1.54, 1.807) is 0 Å². The number of hydrogen-bond donors (Lipinski definition) is 1. The van der Waals surface area contributed by atoms with Gasteiger partial charge in [-0.1, -0.05) is 26.2 Å². The molecule has 0 aliphatic heterocycles. The Balaban J connectivity index is 2.18. The van der Waals surface area contributed by atoms with Crippen LogP contribution in [0.2, 0.25) is 0 Å². The van der Waals surface area contributed by atoms with Crippen molar-refractivity contribution in [3.05, 3.63) is 0 Å². The van der Waals surface area contributed by atoms with Crippen LogP contribution in [0, 0.1) is 11.8 Å². The lowest BCUT2D eigenvalue weighted by Crippen LogP contribution is -2.21. The van der Waals surface area contributed by atoms with Crippen LogP contribution in [0.25, 0.3) is 0 Å². The second-order valence-corrected chi connectivity index (χ2v) is 4.20. The van der Waals surface area contributed by atoms with Crippen molar-refractivity contribution in [2.24, 2.45) is 11.8 Å². The smallest absolute Gasteiger partial charge is 0.306 e. The van der Waals surface area contributed by atoms with Gasteiger partial charge in [-0.25, -0.2) is 0 Å². The van der Waals surface area contributed by atoms with Crippen molar-refractivity contribution < 1.29 is 9.90 Å². The Morgan fingerprint density at radius 3 is 2.38 bits per heavy atom. The normalized spacial score (nSPS) is 28.7. The molecule has 13 heavy (non-hydrogen) atoms. The van der Waals surface area contributed by atoms with Crippen molar-refractivity contribution in [1.82, 2.24) is 0 Å². The summed E-state index contributed by atoms with van der Waals surface area (Å²) in [7, 11) is 0. The molecule has 0 aromatic heterocycles. The second-order valence-electron chi connectivity index (χ2n) is 4.20. The summed E-state index contributed by atoms with van der Waals surface area (Å²) in [6.07, 6.45) is 7.96. The van der Waals surface area contributed by atoms with Crippen molar-refractivity contribution in [1.29, 1.82) is 0 Å². The first-order valence-electron chi connectivity index (χ1n) is 5.46. The molecule has 1 aliphatic carbocycles. The van der Waals surface area contributed by atoms with Gasteiger partial charge in [0.1, 0.15) is 0 Å². The van der Waals surface area contributed by atoms with Gasteiger partial charge in [-0.15, -0.1) is 0 Å². The highest BCUT2D eigenvalue weighted by atomic mass is 16.4. The van der Waals surface area contributed by atoms with Gasteiger partial charge in [-0.3, -0.25) is 4.79 Å². The average Bonchev–Trinajstić information content (AvgIpc) is 2.15. The molecule has 0 spiro atoms. The molecule has 0 aromatic rings. The van der Waals surface area contributed by atoms with E-state index in [-0.39, 0.29) is 5.92 Å². The molecular weight excluding hydrogens is 164 g/mol. The van der Waals surface area contributed by atoms with Crippen molar-refractivity contribution >= 4 is 5.97 Å². The standard InChI is InChI=1S/C11H20O2/c1-2-3-4-9-5-7-10(8-6-9)11(12)13/h9-10H,2-8H2,1H3,(H,12,13)/t9-,10+. The van der Waals surface area contributed by atoms with E-state index in [1.165, 1.54) is 19.3 Å². The molecular formula is C11H20O2. The lowest BCUT2D eigenvalue weighted by molar-refractivity contribution is -0.143. The number of rotatable bonds is 4. The van der Waals surface area contributed by atoms with Gasteiger partial charge in [-0.05, 0) is 31.6 Å². The molecule has 0 unspecified atom stereocenters. The predicted octanol–water partition coefficient (Wildman–Crippen LogP) is 3.07. The molecule has 1 saturated carbocycles. The lowest BCUT2D eigenvalue weighted by atomic mass is 9.80. The van der Waals surface area contributed by atoms with E-state index >= 15 is 0 Å². The lowest BCUT2D eigenvalue weighted by Gasteiger charge is -2.25. The Hall–Kier alpha value is -0.530. The molecule has 0 radical (unpaired) electrons. The van der Waals surface area contributed by atoms with Gasteiger partial charge < -0.3 is 5.11 Å². The topological polar surface area (TPSA) is 37.3 Å².